The van der Waals surface area contributed by atoms with Gasteiger partial charge in [0, 0.05) is 0 Å². The summed E-state index contributed by atoms with van der Waals surface area (Å²) in [6.45, 7) is 4.53. The fraction of sp³-hybridized carbons (Fsp3) is 1.00. The van der Waals surface area contributed by atoms with Crippen molar-refractivity contribution < 1.29 is 8.78 Å². The molecule has 4 unspecified atom stereocenters. The van der Waals surface area contributed by atoms with Crippen LogP contribution in [-0.4, -0.2) is 12.3 Å². The van der Waals surface area contributed by atoms with Crippen LogP contribution in [0, 0.1) is 35.5 Å². The molecule has 0 heterocycles. The summed E-state index contributed by atoms with van der Waals surface area (Å²) in [6.07, 6.45) is 19.9. The van der Waals surface area contributed by atoms with Crippen molar-refractivity contribution in [1.82, 2.24) is 0 Å². The van der Waals surface area contributed by atoms with Crippen LogP contribution < -0.4 is 0 Å². The summed E-state index contributed by atoms with van der Waals surface area (Å²) in [5, 5.41) is 0. The van der Waals surface area contributed by atoms with Crippen LogP contribution in [0.5, 0.6) is 0 Å². The van der Waals surface area contributed by atoms with E-state index in [0.29, 0.717) is 11.8 Å². The summed E-state index contributed by atoms with van der Waals surface area (Å²) in [7, 11) is 0. The van der Waals surface area contributed by atoms with Gasteiger partial charge >= 0.3 is 0 Å². The van der Waals surface area contributed by atoms with Gasteiger partial charge in [0.15, 0.2) is 0 Å². The minimum atomic E-state index is -1.19. The molecule has 0 aliphatic heterocycles. The van der Waals surface area contributed by atoms with Gasteiger partial charge in [0.2, 0.25) is 0 Å². The van der Waals surface area contributed by atoms with Crippen molar-refractivity contribution >= 4 is 0 Å². The maximum absolute atomic E-state index is 15.3. The van der Waals surface area contributed by atoms with Gasteiger partial charge in [0.25, 0.3) is 0 Å². The summed E-state index contributed by atoms with van der Waals surface area (Å²) >= 11 is 0. The van der Waals surface area contributed by atoms with E-state index in [9.17, 15) is 0 Å². The molecule has 0 aromatic rings. The number of hydrogen-bond donors (Lipinski definition) is 0. The molecule has 0 bridgehead atoms. The molecule has 0 radical (unpaired) electrons. The van der Waals surface area contributed by atoms with E-state index in [1.165, 1.54) is 77.0 Å². The first kappa shape index (κ1) is 24.5. The first-order valence-electron chi connectivity index (χ1n) is 13.9. The Morgan fingerprint density at radius 2 is 0.867 bits per heavy atom. The van der Waals surface area contributed by atoms with Crippen molar-refractivity contribution in [3.8, 4) is 0 Å². The SMILES string of the molecule is CCCCCC1CCC(C2CCC(C3CCC(CCCCC)CC3)C(F)C2F)CC1. The first-order valence-corrected chi connectivity index (χ1v) is 13.9. The number of rotatable bonds is 10. The van der Waals surface area contributed by atoms with Crippen LogP contribution in [0.15, 0.2) is 0 Å². The van der Waals surface area contributed by atoms with E-state index in [1.807, 2.05) is 0 Å². The Balaban J connectivity index is 1.40. The van der Waals surface area contributed by atoms with Crippen molar-refractivity contribution in [2.45, 2.75) is 142 Å². The highest BCUT2D eigenvalue weighted by atomic mass is 19.2. The molecule has 30 heavy (non-hydrogen) atoms. The fourth-order valence-corrected chi connectivity index (χ4v) is 7.34. The van der Waals surface area contributed by atoms with Gasteiger partial charge in [-0.1, -0.05) is 90.9 Å². The predicted octanol–water partition coefficient (Wildman–Crippen LogP) is 9.46. The molecule has 0 aromatic carbocycles. The van der Waals surface area contributed by atoms with E-state index in [2.05, 4.69) is 13.8 Å². The molecule has 3 aliphatic carbocycles. The smallest absolute Gasteiger partial charge is 0.134 e. The van der Waals surface area contributed by atoms with Crippen molar-refractivity contribution in [2.75, 3.05) is 0 Å². The number of halogens is 2. The molecule has 2 heteroatoms. The molecule has 3 saturated carbocycles. The number of unbranched alkanes of at least 4 members (excludes halogenated alkanes) is 4. The van der Waals surface area contributed by atoms with Crippen molar-refractivity contribution in [2.24, 2.45) is 35.5 Å². The van der Waals surface area contributed by atoms with Crippen molar-refractivity contribution in [3.05, 3.63) is 0 Å². The predicted molar refractivity (Wildman–Crippen MR) is 125 cm³/mol. The van der Waals surface area contributed by atoms with Crippen molar-refractivity contribution in [1.29, 1.82) is 0 Å². The number of alkyl halides is 2. The lowest BCUT2D eigenvalue weighted by molar-refractivity contribution is -0.0371. The Bertz CT molecular complexity index is 406. The Morgan fingerprint density at radius 1 is 0.500 bits per heavy atom. The van der Waals surface area contributed by atoms with Gasteiger partial charge in [0.1, 0.15) is 12.3 Å². The second-order valence-corrected chi connectivity index (χ2v) is 11.3. The molecule has 0 nitrogen and oxygen atoms in total. The minimum Gasteiger partial charge on any atom is -0.244 e. The summed E-state index contributed by atoms with van der Waals surface area (Å²) in [4.78, 5) is 0. The van der Waals surface area contributed by atoms with E-state index < -0.39 is 12.3 Å². The van der Waals surface area contributed by atoms with Crippen LogP contribution in [0.4, 0.5) is 8.78 Å². The highest BCUT2D eigenvalue weighted by Gasteiger charge is 2.46. The van der Waals surface area contributed by atoms with Crippen LogP contribution in [0.25, 0.3) is 0 Å². The Morgan fingerprint density at radius 3 is 1.20 bits per heavy atom. The van der Waals surface area contributed by atoms with E-state index in [0.717, 1.165) is 50.4 Å². The first-order chi connectivity index (χ1) is 14.6. The molecule has 3 aliphatic rings. The topological polar surface area (TPSA) is 0 Å². The van der Waals surface area contributed by atoms with Crippen LogP contribution in [0.2, 0.25) is 0 Å². The molecule has 0 N–H and O–H groups in total. The van der Waals surface area contributed by atoms with E-state index in [1.54, 1.807) is 0 Å². The lowest BCUT2D eigenvalue weighted by Gasteiger charge is -2.44. The standard InChI is InChI=1S/C28H50F2/c1-3-5-7-9-21-11-15-23(16-12-21)25-19-20-26(28(30)27(25)29)24-17-13-22(14-18-24)10-8-6-4-2/h21-28H,3-20H2,1-2H3. The summed E-state index contributed by atoms with van der Waals surface area (Å²) in [5.41, 5.74) is 0. The third-order valence-corrected chi connectivity index (χ3v) is 9.38. The molecule has 0 saturated heterocycles. The highest BCUT2D eigenvalue weighted by molar-refractivity contribution is 4.95. The van der Waals surface area contributed by atoms with Crippen LogP contribution in [0.1, 0.15) is 129 Å². The summed E-state index contributed by atoms with van der Waals surface area (Å²) in [5.74, 6) is 2.65. The molecule has 4 atom stereocenters. The molecule has 3 fully saturated rings. The maximum atomic E-state index is 15.3. The van der Waals surface area contributed by atoms with E-state index >= 15 is 8.78 Å². The van der Waals surface area contributed by atoms with Crippen molar-refractivity contribution in [3.63, 3.8) is 0 Å². The van der Waals surface area contributed by atoms with Crippen LogP contribution in [-0.2, 0) is 0 Å². The van der Waals surface area contributed by atoms with Gasteiger partial charge in [-0.2, -0.15) is 0 Å². The molecule has 0 amide bonds. The largest absolute Gasteiger partial charge is 0.244 e. The quantitative estimate of drug-likeness (QED) is 0.306. The second-order valence-electron chi connectivity index (χ2n) is 11.3. The van der Waals surface area contributed by atoms with E-state index in [-0.39, 0.29) is 11.8 Å². The maximum Gasteiger partial charge on any atom is 0.134 e. The lowest BCUT2D eigenvalue weighted by Crippen LogP contribution is -2.45. The number of hydrogen-bond acceptors (Lipinski definition) is 0. The molecule has 0 aromatic heterocycles. The normalized spacial score (nSPS) is 40.4. The average molecular weight is 425 g/mol. The van der Waals surface area contributed by atoms with Gasteiger partial charge in [-0.25, -0.2) is 8.78 Å². The lowest BCUT2D eigenvalue weighted by atomic mass is 9.63. The third-order valence-electron chi connectivity index (χ3n) is 9.38. The monoisotopic (exact) mass is 424 g/mol. The van der Waals surface area contributed by atoms with E-state index in [4.69, 9.17) is 0 Å². The van der Waals surface area contributed by atoms with Gasteiger partial charge in [-0.3, -0.25) is 0 Å². The molecular formula is C28H50F2. The average Bonchev–Trinajstić information content (AvgIpc) is 2.77. The fourth-order valence-electron chi connectivity index (χ4n) is 7.34. The van der Waals surface area contributed by atoms with Crippen LogP contribution >= 0.6 is 0 Å². The second kappa shape index (κ2) is 12.8. The highest BCUT2D eigenvalue weighted by Crippen LogP contribution is 2.48. The zero-order chi connectivity index (χ0) is 21.3. The van der Waals surface area contributed by atoms with Gasteiger partial charge in [0.05, 0.1) is 0 Å². The zero-order valence-corrected chi connectivity index (χ0v) is 20.1. The minimum absolute atomic E-state index is 0.0122. The molecule has 0 spiro atoms. The van der Waals surface area contributed by atoms with Crippen LogP contribution in [0.3, 0.4) is 0 Å². The van der Waals surface area contributed by atoms with Gasteiger partial charge in [-0.05, 0) is 74.0 Å². The zero-order valence-electron chi connectivity index (χ0n) is 20.1. The van der Waals surface area contributed by atoms with Gasteiger partial charge < -0.3 is 0 Å². The summed E-state index contributed by atoms with van der Waals surface area (Å²) < 4.78 is 30.6. The van der Waals surface area contributed by atoms with Gasteiger partial charge in [-0.15, -0.1) is 0 Å². The Labute approximate surface area is 186 Å². The molecular weight excluding hydrogens is 374 g/mol. The Kier molecular flexibility index (Phi) is 10.4. The Hall–Kier alpha value is -0.140. The molecule has 3 rings (SSSR count). The third kappa shape index (κ3) is 6.68. The molecule has 176 valence electrons. The summed E-state index contributed by atoms with van der Waals surface area (Å²) in [6, 6.07) is 0.